The molecule has 1 aromatic carbocycles. The molecule has 5 N–H and O–H groups in total. The van der Waals surface area contributed by atoms with E-state index in [-0.39, 0.29) is 41.9 Å². The summed E-state index contributed by atoms with van der Waals surface area (Å²) in [5, 5.41) is 3.10. The second-order valence-corrected chi connectivity index (χ2v) is 10.0. The van der Waals surface area contributed by atoms with E-state index in [1.807, 2.05) is 51.1 Å². The van der Waals surface area contributed by atoms with E-state index in [2.05, 4.69) is 10.3 Å². The number of nitrogens with zero attached hydrogens (tertiary/aromatic N) is 1. The van der Waals surface area contributed by atoms with E-state index >= 15 is 0 Å². The number of hydrogen-bond acceptors (Lipinski definition) is 7. The van der Waals surface area contributed by atoms with Crippen molar-refractivity contribution in [2.24, 2.45) is 16.9 Å². The fourth-order valence-corrected chi connectivity index (χ4v) is 4.44. The van der Waals surface area contributed by atoms with Crippen LogP contribution >= 0.6 is 0 Å². The average molecular weight is 503 g/mol. The van der Waals surface area contributed by atoms with Crippen LogP contribution in [0.1, 0.15) is 62.4 Å². The summed E-state index contributed by atoms with van der Waals surface area (Å²) in [6, 6.07) is 10.6. The number of primary amides is 2. The lowest BCUT2D eigenvalue weighted by Gasteiger charge is -2.47. The first-order valence-electron chi connectivity index (χ1n) is 12.0. The number of carbonyl (C=O) groups is 2. The molecular formula is C26H35FN4O5. The summed E-state index contributed by atoms with van der Waals surface area (Å²) in [7, 11) is 0. The van der Waals surface area contributed by atoms with Crippen molar-refractivity contribution in [2.45, 2.75) is 64.7 Å². The van der Waals surface area contributed by atoms with E-state index in [1.165, 1.54) is 0 Å². The van der Waals surface area contributed by atoms with Gasteiger partial charge in [-0.2, -0.15) is 4.98 Å². The van der Waals surface area contributed by atoms with Gasteiger partial charge in [0.25, 0.3) is 5.91 Å². The number of aromatic nitrogens is 1. The van der Waals surface area contributed by atoms with Crippen LogP contribution < -0.4 is 21.5 Å². The number of benzene rings is 1. The molecule has 0 unspecified atom stereocenters. The molecule has 0 spiro atoms. The SMILES string of the molecule is CC(C)(C)C1(OC(N)=O)CCC(Nc2nc(OCCOCc3ccccc3)c(C(N)=O)cc2F)CC1. The molecule has 2 amide bonds. The van der Waals surface area contributed by atoms with E-state index in [9.17, 15) is 14.0 Å². The van der Waals surface area contributed by atoms with Gasteiger partial charge in [0.2, 0.25) is 5.88 Å². The minimum absolute atomic E-state index is 0.0377. The highest BCUT2D eigenvalue weighted by atomic mass is 19.1. The van der Waals surface area contributed by atoms with Crippen molar-refractivity contribution < 1.29 is 28.2 Å². The Bertz CT molecular complexity index is 1050. The lowest BCUT2D eigenvalue weighted by atomic mass is 9.67. The van der Waals surface area contributed by atoms with Crippen molar-refractivity contribution in [3.8, 4) is 5.88 Å². The number of nitrogens with two attached hydrogens (primary N) is 2. The largest absolute Gasteiger partial charge is 0.475 e. The summed E-state index contributed by atoms with van der Waals surface area (Å²) in [4.78, 5) is 27.6. The Balaban J connectivity index is 1.63. The van der Waals surface area contributed by atoms with Gasteiger partial charge in [0.15, 0.2) is 11.6 Å². The van der Waals surface area contributed by atoms with Crippen molar-refractivity contribution in [1.29, 1.82) is 0 Å². The molecule has 1 saturated carbocycles. The molecule has 36 heavy (non-hydrogen) atoms. The predicted molar refractivity (Wildman–Crippen MR) is 133 cm³/mol. The number of amides is 2. The summed E-state index contributed by atoms with van der Waals surface area (Å²) in [6.07, 6.45) is 1.51. The summed E-state index contributed by atoms with van der Waals surface area (Å²) in [6.45, 7) is 6.76. The van der Waals surface area contributed by atoms with E-state index in [1.54, 1.807) is 0 Å². The van der Waals surface area contributed by atoms with Crippen molar-refractivity contribution >= 4 is 17.8 Å². The fraction of sp³-hybridized carbons (Fsp3) is 0.500. The summed E-state index contributed by atoms with van der Waals surface area (Å²) in [5.74, 6) is -1.65. The van der Waals surface area contributed by atoms with Gasteiger partial charge < -0.3 is 31.0 Å². The first-order valence-corrected chi connectivity index (χ1v) is 12.0. The number of nitrogens with one attached hydrogen (secondary N) is 1. The molecule has 9 nitrogen and oxygen atoms in total. The number of ether oxygens (including phenoxy) is 3. The highest BCUT2D eigenvalue weighted by Gasteiger charge is 2.47. The van der Waals surface area contributed by atoms with Crippen LogP contribution in [0.15, 0.2) is 36.4 Å². The number of halogens is 1. The van der Waals surface area contributed by atoms with Crippen LogP contribution in [0.3, 0.4) is 0 Å². The maximum atomic E-state index is 14.8. The smallest absolute Gasteiger partial charge is 0.405 e. The lowest BCUT2D eigenvalue weighted by molar-refractivity contribution is -0.0905. The number of carbonyl (C=O) groups excluding carboxylic acids is 2. The Morgan fingerprint density at radius 1 is 1.14 bits per heavy atom. The zero-order valence-corrected chi connectivity index (χ0v) is 21.0. The maximum Gasteiger partial charge on any atom is 0.405 e. The molecule has 0 atom stereocenters. The average Bonchev–Trinajstić information content (AvgIpc) is 2.81. The molecule has 3 rings (SSSR count). The number of hydrogen-bond donors (Lipinski definition) is 3. The van der Waals surface area contributed by atoms with Crippen LogP contribution in [0.4, 0.5) is 15.0 Å². The maximum absolute atomic E-state index is 14.8. The molecule has 0 bridgehead atoms. The van der Waals surface area contributed by atoms with Crippen molar-refractivity contribution in [1.82, 2.24) is 4.98 Å². The normalized spacial score (nSPS) is 19.9. The van der Waals surface area contributed by atoms with Crippen LogP contribution in [-0.2, 0) is 16.1 Å². The second kappa shape index (κ2) is 11.6. The molecule has 0 saturated heterocycles. The molecule has 10 heteroatoms. The minimum Gasteiger partial charge on any atom is -0.475 e. The van der Waals surface area contributed by atoms with Gasteiger partial charge in [-0.15, -0.1) is 0 Å². The monoisotopic (exact) mass is 502 g/mol. The Kier molecular flexibility index (Phi) is 8.73. The Hall–Kier alpha value is -3.40. The van der Waals surface area contributed by atoms with E-state index < -0.39 is 23.4 Å². The first-order chi connectivity index (χ1) is 17.0. The van der Waals surface area contributed by atoms with Crippen molar-refractivity contribution in [3.05, 3.63) is 53.3 Å². The molecule has 1 aliphatic carbocycles. The van der Waals surface area contributed by atoms with E-state index in [0.29, 0.717) is 32.3 Å². The molecule has 1 fully saturated rings. The molecule has 1 heterocycles. The number of rotatable bonds is 10. The highest BCUT2D eigenvalue weighted by molar-refractivity contribution is 5.95. The second-order valence-electron chi connectivity index (χ2n) is 10.0. The predicted octanol–water partition coefficient (Wildman–Crippen LogP) is 4.15. The standard InChI is InChI=1S/C26H35FN4O5/c1-25(2,3)26(36-24(29)33)11-9-18(10-12-26)30-22-20(27)15-19(21(28)32)23(31-22)35-14-13-34-16-17-7-5-4-6-8-17/h4-8,15,18H,9-14,16H2,1-3H3,(H2,28,32)(H2,29,33)(H,30,31). The zero-order valence-electron chi connectivity index (χ0n) is 21.0. The number of anilines is 1. The van der Waals surface area contributed by atoms with Gasteiger partial charge in [-0.05, 0) is 37.3 Å². The topological polar surface area (TPSA) is 139 Å². The van der Waals surface area contributed by atoms with Gasteiger partial charge in [-0.25, -0.2) is 9.18 Å². The molecule has 1 aromatic heterocycles. The Morgan fingerprint density at radius 2 is 1.81 bits per heavy atom. The third-order valence-corrected chi connectivity index (χ3v) is 6.58. The molecule has 196 valence electrons. The van der Waals surface area contributed by atoms with Gasteiger partial charge in [-0.1, -0.05) is 51.1 Å². The van der Waals surface area contributed by atoms with Gasteiger partial charge in [0.05, 0.1) is 13.2 Å². The van der Waals surface area contributed by atoms with Crippen LogP contribution in [0.5, 0.6) is 5.88 Å². The van der Waals surface area contributed by atoms with Crippen LogP contribution in [0, 0.1) is 11.2 Å². The first kappa shape index (κ1) is 27.2. The Labute approximate surface area is 210 Å². The van der Waals surface area contributed by atoms with Gasteiger partial charge in [-0.3, -0.25) is 4.79 Å². The molecule has 0 radical (unpaired) electrons. The zero-order chi connectivity index (χ0) is 26.3. The van der Waals surface area contributed by atoms with Crippen molar-refractivity contribution in [3.63, 3.8) is 0 Å². The van der Waals surface area contributed by atoms with Gasteiger partial charge >= 0.3 is 6.09 Å². The lowest BCUT2D eigenvalue weighted by Crippen LogP contribution is -2.51. The molecule has 1 aliphatic rings. The van der Waals surface area contributed by atoms with Crippen LogP contribution in [0.2, 0.25) is 0 Å². The third-order valence-electron chi connectivity index (χ3n) is 6.58. The van der Waals surface area contributed by atoms with Gasteiger partial charge in [0.1, 0.15) is 17.8 Å². The summed E-state index contributed by atoms with van der Waals surface area (Å²) >= 11 is 0. The Morgan fingerprint density at radius 3 is 2.39 bits per heavy atom. The van der Waals surface area contributed by atoms with Crippen LogP contribution in [0.25, 0.3) is 0 Å². The minimum atomic E-state index is -0.843. The highest BCUT2D eigenvalue weighted by Crippen LogP contribution is 2.45. The van der Waals surface area contributed by atoms with E-state index in [4.69, 9.17) is 25.7 Å². The number of pyridine rings is 1. The molecular weight excluding hydrogens is 467 g/mol. The quantitative estimate of drug-likeness (QED) is 0.415. The van der Waals surface area contributed by atoms with Crippen molar-refractivity contribution in [2.75, 3.05) is 18.5 Å². The van der Waals surface area contributed by atoms with Crippen LogP contribution in [-0.4, -0.2) is 41.8 Å². The fourth-order valence-electron chi connectivity index (χ4n) is 4.44. The summed E-state index contributed by atoms with van der Waals surface area (Å²) in [5.41, 5.74) is 10.6. The molecule has 2 aromatic rings. The van der Waals surface area contributed by atoms with E-state index in [0.717, 1.165) is 11.6 Å². The van der Waals surface area contributed by atoms with Gasteiger partial charge in [0, 0.05) is 11.5 Å². The third kappa shape index (κ3) is 6.84. The molecule has 0 aliphatic heterocycles. The summed E-state index contributed by atoms with van der Waals surface area (Å²) < 4.78 is 31.6.